The second-order valence-electron chi connectivity index (χ2n) is 5.89. The third kappa shape index (κ3) is 4.41. The first kappa shape index (κ1) is 17.2. The number of hydrogen-bond donors (Lipinski definition) is 1. The number of piperazine rings is 1. The lowest BCUT2D eigenvalue weighted by Gasteiger charge is -2.38. The predicted octanol–water partition coefficient (Wildman–Crippen LogP) is 0.280. The van der Waals surface area contributed by atoms with Crippen molar-refractivity contribution in [3.05, 3.63) is 30.1 Å². The van der Waals surface area contributed by atoms with E-state index in [0.29, 0.717) is 32.6 Å². The largest absolute Gasteiger partial charge is 0.374 e. The molecule has 1 saturated heterocycles. The Kier molecular flexibility index (Phi) is 5.54. The van der Waals surface area contributed by atoms with E-state index < -0.39 is 11.9 Å². The second-order valence-corrected chi connectivity index (χ2v) is 5.89. The summed E-state index contributed by atoms with van der Waals surface area (Å²) in [5.74, 6) is -0.695. The number of nitrogens with zero attached hydrogens (tertiary/aromatic N) is 3. The molecule has 2 rings (SSSR count). The van der Waals surface area contributed by atoms with Crippen molar-refractivity contribution >= 4 is 17.5 Å². The molecule has 1 fully saturated rings. The molecule has 0 aromatic heterocycles. The van der Waals surface area contributed by atoms with Gasteiger partial charge in [0, 0.05) is 45.3 Å². The highest BCUT2D eigenvalue weighted by molar-refractivity contribution is 5.82. The SMILES string of the molecule is CN(CCC(=O)N1CCN(C)C(C(N)=O)C1)c1ccc(F)cc1. The van der Waals surface area contributed by atoms with Gasteiger partial charge in [0.05, 0.1) is 0 Å². The molecule has 1 aromatic rings. The molecule has 2 N–H and O–H groups in total. The van der Waals surface area contributed by atoms with Crippen molar-refractivity contribution in [1.82, 2.24) is 9.80 Å². The smallest absolute Gasteiger partial charge is 0.236 e. The topological polar surface area (TPSA) is 69.9 Å². The second kappa shape index (κ2) is 7.41. The molecule has 1 atom stereocenters. The van der Waals surface area contributed by atoms with Gasteiger partial charge in [-0.2, -0.15) is 0 Å². The molecule has 1 aliphatic rings. The van der Waals surface area contributed by atoms with Crippen molar-refractivity contribution < 1.29 is 14.0 Å². The molecule has 2 amide bonds. The molecule has 0 radical (unpaired) electrons. The summed E-state index contributed by atoms with van der Waals surface area (Å²) in [6.45, 7) is 2.09. The molecule has 1 unspecified atom stereocenters. The van der Waals surface area contributed by atoms with E-state index in [1.54, 1.807) is 17.0 Å². The monoisotopic (exact) mass is 322 g/mol. The Morgan fingerprint density at radius 3 is 2.57 bits per heavy atom. The van der Waals surface area contributed by atoms with Crippen molar-refractivity contribution in [3.63, 3.8) is 0 Å². The first-order valence-electron chi connectivity index (χ1n) is 7.62. The molecule has 0 saturated carbocycles. The van der Waals surface area contributed by atoms with E-state index >= 15 is 0 Å². The van der Waals surface area contributed by atoms with E-state index in [1.165, 1.54) is 12.1 Å². The summed E-state index contributed by atoms with van der Waals surface area (Å²) < 4.78 is 12.9. The zero-order chi connectivity index (χ0) is 17.0. The predicted molar refractivity (Wildman–Crippen MR) is 86.5 cm³/mol. The molecular weight excluding hydrogens is 299 g/mol. The number of primary amides is 1. The maximum atomic E-state index is 12.9. The van der Waals surface area contributed by atoms with Crippen LogP contribution >= 0.6 is 0 Å². The fourth-order valence-corrected chi connectivity index (χ4v) is 2.65. The van der Waals surface area contributed by atoms with Gasteiger partial charge in [-0.1, -0.05) is 0 Å². The first-order chi connectivity index (χ1) is 10.9. The van der Waals surface area contributed by atoms with Crippen molar-refractivity contribution in [1.29, 1.82) is 0 Å². The summed E-state index contributed by atoms with van der Waals surface area (Å²) in [6, 6.07) is 5.72. The van der Waals surface area contributed by atoms with E-state index in [9.17, 15) is 14.0 Å². The van der Waals surface area contributed by atoms with Gasteiger partial charge in [0.2, 0.25) is 11.8 Å². The third-order valence-corrected chi connectivity index (χ3v) is 4.26. The molecule has 0 bridgehead atoms. The number of hydrogen-bond acceptors (Lipinski definition) is 4. The summed E-state index contributed by atoms with van der Waals surface area (Å²) in [5.41, 5.74) is 6.23. The molecule has 1 aromatic carbocycles. The van der Waals surface area contributed by atoms with Crippen LogP contribution in [0, 0.1) is 5.82 Å². The summed E-state index contributed by atoms with van der Waals surface area (Å²) >= 11 is 0. The average Bonchev–Trinajstić information content (AvgIpc) is 2.53. The number of rotatable bonds is 5. The molecule has 7 heteroatoms. The Hall–Kier alpha value is -2.15. The van der Waals surface area contributed by atoms with Crippen molar-refractivity contribution in [2.75, 3.05) is 45.2 Å². The van der Waals surface area contributed by atoms with Crippen LogP contribution in [0.15, 0.2) is 24.3 Å². The van der Waals surface area contributed by atoms with Crippen molar-refractivity contribution in [2.24, 2.45) is 5.73 Å². The number of anilines is 1. The van der Waals surface area contributed by atoms with Crippen LogP contribution in [0.3, 0.4) is 0 Å². The number of benzene rings is 1. The summed E-state index contributed by atoms with van der Waals surface area (Å²) in [7, 11) is 3.69. The highest BCUT2D eigenvalue weighted by atomic mass is 19.1. The summed E-state index contributed by atoms with van der Waals surface area (Å²) in [4.78, 5) is 29.2. The standard InChI is InChI=1S/C16H23FN4O2/c1-19(13-5-3-12(17)4-6-13)8-7-15(22)21-10-9-20(2)14(11-21)16(18)23/h3-6,14H,7-11H2,1-2H3,(H2,18,23). The van der Waals surface area contributed by atoms with Crippen molar-refractivity contribution in [3.8, 4) is 0 Å². The Bertz CT molecular complexity index is 564. The fourth-order valence-electron chi connectivity index (χ4n) is 2.65. The zero-order valence-electron chi connectivity index (χ0n) is 13.5. The van der Waals surface area contributed by atoms with Crippen LogP contribution in [0.2, 0.25) is 0 Å². The highest BCUT2D eigenvalue weighted by Crippen LogP contribution is 2.14. The quantitative estimate of drug-likeness (QED) is 0.845. The van der Waals surface area contributed by atoms with Gasteiger partial charge in [0.15, 0.2) is 0 Å². The Labute approximate surface area is 135 Å². The van der Waals surface area contributed by atoms with Crippen LogP contribution in [0.1, 0.15) is 6.42 Å². The molecule has 6 nitrogen and oxygen atoms in total. The number of halogens is 1. The van der Waals surface area contributed by atoms with E-state index in [2.05, 4.69) is 0 Å². The molecular formula is C16H23FN4O2. The first-order valence-corrected chi connectivity index (χ1v) is 7.62. The minimum absolute atomic E-state index is 0.00156. The lowest BCUT2D eigenvalue weighted by molar-refractivity contribution is -0.136. The minimum Gasteiger partial charge on any atom is -0.374 e. The normalized spacial score (nSPS) is 18.7. The van der Waals surface area contributed by atoms with E-state index in [4.69, 9.17) is 5.73 Å². The van der Waals surface area contributed by atoms with Gasteiger partial charge in [0.1, 0.15) is 11.9 Å². The molecule has 23 heavy (non-hydrogen) atoms. The van der Waals surface area contributed by atoms with E-state index in [1.807, 2.05) is 23.9 Å². The van der Waals surface area contributed by atoms with Crippen LogP contribution < -0.4 is 10.6 Å². The van der Waals surface area contributed by atoms with Gasteiger partial charge in [-0.3, -0.25) is 14.5 Å². The van der Waals surface area contributed by atoms with Crippen molar-refractivity contribution in [2.45, 2.75) is 12.5 Å². The molecule has 0 aliphatic carbocycles. The van der Waals surface area contributed by atoms with Gasteiger partial charge < -0.3 is 15.5 Å². The summed E-state index contributed by atoms with van der Waals surface area (Å²) in [6.07, 6.45) is 0.336. The molecule has 0 spiro atoms. The van der Waals surface area contributed by atoms with Crippen LogP contribution in [-0.4, -0.2) is 67.9 Å². The highest BCUT2D eigenvalue weighted by Gasteiger charge is 2.30. The number of amides is 2. The van der Waals surface area contributed by atoms with Gasteiger partial charge in [-0.15, -0.1) is 0 Å². The Balaban J connectivity index is 1.87. The minimum atomic E-state index is -0.428. The fraction of sp³-hybridized carbons (Fsp3) is 0.500. The van der Waals surface area contributed by atoms with Crippen LogP contribution in [0.5, 0.6) is 0 Å². The Morgan fingerprint density at radius 2 is 1.96 bits per heavy atom. The van der Waals surface area contributed by atoms with Crippen LogP contribution in [-0.2, 0) is 9.59 Å². The number of nitrogens with two attached hydrogens (primary N) is 1. The maximum Gasteiger partial charge on any atom is 0.236 e. The van der Waals surface area contributed by atoms with Gasteiger partial charge in [-0.05, 0) is 31.3 Å². The van der Waals surface area contributed by atoms with Crippen LogP contribution in [0.25, 0.3) is 0 Å². The lowest BCUT2D eigenvalue weighted by Crippen LogP contribution is -2.58. The number of carbonyl (C=O) groups is 2. The molecule has 1 heterocycles. The maximum absolute atomic E-state index is 12.9. The van der Waals surface area contributed by atoms with Gasteiger partial charge >= 0.3 is 0 Å². The van der Waals surface area contributed by atoms with E-state index in [0.717, 1.165) is 5.69 Å². The third-order valence-electron chi connectivity index (χ3n) is 4.26. The van der Waals surface area contributed by atoms with Gasteiger partial charge in [-0.25, -0.2) is 4.39 Å². The van der Waals surface area contributed by atoms with Gasteiger partial charge in [0.25, 0.3) is 0 Å². The van der Waals surface area contributed by atoms with Crippen LogP contribution in [0.4, 0.5) is 10.1 Å². The number of likely N-dealkylation sites (N-methyl/N-ethyl adjacent to an activating group) is 1. The molecule has 1 aliphatic heterocycles. The molecule has 126 valence electrons. The lowest BCUT2D eigenvalue weighted by atomic mass is 10.1. The average molecular weight is 322 g/mol. The van der Waals surface area contributed by atoms with E-state index in [-0.39, 0.29) is 11.7 Å². The Morgan fingerprint density at radius 1 is 1.30 bits per heavy atom. The zero-order valence-corrected chi connectivity index (χ0v) is 13.5. The number of carbonyl (C=O) groups excluding carboxylic acids is 2. The summed E-state index contributed by atoms with van der Waals surface area (Å²) in [5, 5.41) is 0.